The van der Waals surface area contributed by atoms with E-state index in [1.54, 1.807) is 18.9 Å². The number of rotatable bonds is 3. The summed E-state index contributed by atoms with van der Waals surface area (Å²) < 4.78 is 12.3. The van der Waals surface area contributed by atoms with Crippen LogP contribution in [0.4, 0.5) is 0 Å². The SMILES string of the molecule is COCC1(C)Oc2ccc(Br)cc2C(N2CCCC2=O)C1(C)O. The number of fused-ring (bicyclic) bond motifs is 1. The predicted molar refractivity (Wildman–Crippen MR) is 89.4 cm³/mol. The second kappa shape index (κ2) is 5.76. The van der Waals surface area contributed by atoms with Gasteiger partial charge in [0.25, 0.3) is 0 Å². The number of nitrogens with zero attached hydrogens (tertiary/aromatic N) is 1. The van der Waals surface area contributed by atoms with E-state index in [0.29, 0.717) is 18.7 Å². The third kappa shape index (κ3) is 2.57. The van der Waals surface area contributed by atoms with Gasteiger partial charge in [-0.05, 0) is 38.5 Å². The fourth-order valence-corrected chi connectivity index (χ4v) is 4.01. The summed E-state index contributed by atoms with van der Waals surface area (Å²) in [5.74, 6) is 0.756. The normalized spacial score (nSPS) is 33.5. The molecule has 6 heteroatoms. The number of benzene rings is 1. The highest BCUT2D eigenvalue weighted by Crippen LogP contribution is 2.50. The smallest absolute Gasteiger partial charge is 0.223 e. The van der Waals surface area contributed by atoms with Gasteiger partial charge in [-0.3, -0.25) is 4.79 Å². The maximum atomic E-state index is 12.4. The molecule has 1 N–H and O–H groups in total. The molecule has 3 atom stereocenters. The van der Waals surface area contributed by atoms with Crippen molar-refractivity contribution >= 4 is 21.8 Å². The Morgan fingerprint density at radius 3 is 2.83 bits per heavy atom. The van der Waals surface area contributed by atoms with E-state index in [-0.39, 0.29) is 12.5 Å². The molecule has 5 nitrogen and oxygen atoms in total. The van der Waals surface area contributed by atoms with Gasteiger partial charge in [0.2, 0.25) is 5.91 Å². The first kappa shape index (κ1) is 16.7. The zero-order chi connectivity index (χ0) is 16.8. The number of hydrogen-bond donors (Lipinski definition) is 1. The highest BCUT2D eigenvalue weighted by molar-refractivity contribution is 9.10. The molecule has 0 bridgehead atoms. The van der Waals surface area contributed by atoms with Crippen molar-refractivity contribution in [1.29, 1.82) is 0 Å². The van der Waals surface area contributed by atoms with Crippen molar-refractivity contribution in [3.8, 4) is 5.75 Å². The second-order valence-electron chi connectivity index (χ2n) is 6.69. The van der Waals surface area contributed by atoms with Gasteiger partial charge in [-0.25, -0.2) is 0 Å². The number of methoxy groups -OCH3 is 1. The van der Waals surface area contributed by atoms with Crippen molar-refractivity contribution in [3.05, 3.63) is 28.2 Å². The molecule has 0 aliphatic carbocycles. The topological polar surface area (TPSA) is 59.0 Å². The van der Waals surface area contributed by atoms with E-state index in [0.717, 1.165) is 16.5 Å². The quantitative estimate of drug-likeness (QED) is 0.871. The molecule has 1 saturated heterocycles. The lowest BCUT2D eigenvalue weighted by molar-refractivity contribution is -0.192. The van der Waals surface area contributed by atoms with Crippen LogP contribution in [-0.2, 0) is 9.53 Å². The lowest BCUT2D eigenvalue weighted by Crippen LogP contribution is -2.65. The Kier molecular flexibility index (Phi) is 4.19. The van der Waals surface area contributed by atoms with E-state index in [1.807, 2.05) is 25.1 Å². The van der Waals surface area contributed by atoms with Crippen molar-refractivity contribution < 1.29 is 19.4 Å². The lowest BCUT2D eigenvalue weighted by Gasteiger charge is -2.53. The van der Waals surface area contributed by atoms with Gasteiger partial charge in [0.05, 0.1) is 12.6 Å². The van der Waals surface area contributed by atoms with Gasteiger partial charge in [0.1, 0.15) is 11.4 Å². The number of carbonyl (C=O) groups is 1. The fraction of sp³-hybridized carbons (Fsp3) is 0.588. The van der Waals surface area contributed by atoms with Gasteiger partial charge in [0, 0.05) is 30.1 Å². The number of halogens is 1. The van der Waals surface area contributed by atoms with E-state index in [4.69, 9.17) is 9.47 Å². The monoisotopic (exact) mass is 383 g/mol. The summed E-state index contributed by atoms with van der Waals surface area (Å²) >= 11 is 3.47. The largest absolute Gasteiger partial charge is 0.482 e. The molecule has 1 aromatic carbocycles. The highest BCUT2D eigenvalue weighted by atomic mass is 79.9. The Morgan fingerprint density at radius 1 is 1.48 bits per heavy atom. The third-order valence-electron chi connectivity index (χ3n) is 5.05. The summed E-state index contributed by atoms with van der Waals surface area (Å²) in [6.45, 7) is 4.43. The van der Waals surface area contributed by atoms with Gasteiger partial charge in [-0.2, -0.15) is 0 Å². The number of hydrogen-bond acceptors (Lipinski definition) is 4. The number of aliphatic hydroxyl groups is 1. The third-order valence-corrected chi connectivity index (χ3v) is 5.54. The Bertz CT molecular complexity index is 633. The van der Waals surface area contributed by atoms with E-state index >= 15 is 0 Å². The minimum atomic E-state index is -1.28. The molecular formula is C17H22BrNO4. The van der Waals surface area contributed by atoms with Gasteiger partial charge >= 0.3 is 0 Å². The molecule has 1 fully saturated rings. The van der Waals surface area contributed by atoms with Crippen LogP contribution in [0.1, 0.15) is 38.3 Å². The molecule has 0 saturated carbocycles. The van der Waals surface area contributed by atoms with Gasteiger partial charge in [-0.1, -0.05) is 15.9 Å². The molecule has 2 aliphatic heterocycles. The summed E-state index contributed by atoms with van der Waals surface area (Å²) in [5, 5.41) is 11.4. The zero-order valence-corrected chi connectivity index (χ0v) is 15.2. The van der Waals surface area contributed by atoms with Crippen molar-refractivity contribution in [2.45, 2.75) is 43.9 Å². The summed E-state index contributed by atoms with van der Waals surface area (Å²) in [4.78, 5) is 14.1. The lowest BCUT2D eigenvalue weighted by atomic mass is 9.74. The molecule has 0 spiro atoms. The van der Waals surface area contributed by atoms with Crippen molar-refractivity contribution in [2.75, 3.05) is 20.3 Å². The average Bonchev–Trinajstić information content (AvgIpc) is 2.87. The molecule has 3 rings (SSSR count). The Morgan fingerprint density at radius 2 is 2.22 bits per heavy atom. The number of likely N-dealkylation sites (tertiary alicyclic amines) is 1. The Hall–Kier alpha value is -1.11. The van der Waals surface area contributed by atoms with Gasteiger partial charge < -0.3 is 19.5 Å². The molecular weight excluding hydrogens is 362 g/mol. The molecule has 23 heavy (non-hydrogen) atoms. The molecule has 0 radical (unpaired) electrons. The van der Waals surface area contributed by atoms with E-state index in [2.05, 4.69) is 15.9 Å². The first-order chi connectivity index (χ1) is 10.8. The molecule has 1 aromatic rings. The fourth-order valence-electron chi connectivity index (χ4n) is 3.63. The minimum absolute atomic E-state index is 0.0721. The first-order valence-corrected chi connectivity index (χ1v) is 8.59. The molecule has 1 amide bonds. The number of ether oxygens (including phenoxy) is 2. The number of carbonyl (C=O) groups excluding carboxylic acids is 1. The molecule has 2 aliphatic rings. The summed E-state index contributed by atoms with van der Waals surface area (Å²) in [5.41, 5.74) is -1.40. The van der Waals surface area contributed by atoms with Crippen molar-refractivity contribution in [3.63, 3.8) is 0 Å². The zero-order valence-electron chi connectivity index (χ0n) is 13.6. The Labute approximate surface area is 144 Å². The molecule has 0 aromatic heterocycles. The van der Waals surface area contributed by atoms with Gasteiger partial charge in [-0.15, -0.1) is 0 Å². The van der Waals surface area contributed by atoms with E-state index in [1.165, 1.54) is 0 Å². The predicted octanol–water partition coefficient (Wildman–Crippen LogP) is 2.66. The first-order valence-electron chi connectivity index (χ1n) is 7.79. The van der Waals surface area contributed by atoms with Crippen molar-refractivity contribution in [1.82, 2.24) is 4.90 Å². The van der Waals surface area contributed by atoms with Crippen LogP contribution >= 0.6 is 15.9 Å². The van der Waals surface area contributed by atoms with Crippen LogP contribution < -0.4 is 4.74 Å². The van der Waals surface area contributed by atoms with Crippen molar-refractivity contribution in [2.24, 2.45) is 0 Å². The van der Waals surface area contributed by atoms with Crippen LogP contribution in [0.25, 0.3) is 0 Å². The van der Waals surface area contributed by atoms with Crippen LogP contribution in [0.2, 0.25) is 0 Å². The van der Waals surface area contributed by atoms with E-state index in [9.17, 15) is 9.90 Å². The van der Waals surface area contributed by atoms with Crippen LogP contribution in [0, 0.1) is 0 Å². The van der Waals surface area contributed by atoms with Crippen LogP contribution in [0.5, 0.6) is 5.75 Å². The summed E-state index contributed by atoms with van der Waals surface area (Å²) in [7, 11) is 1.58. The second-order valence-corrected chi connectivity index (χ2v) is 7.60. The van der Waals surface area contributed by atoms with Crippen LogP contribution in [0.15, 0.2) is 22.7 Å². The van der Waals surface area contributed by atoms with Gasteiger partial charge in [0.15, 0.2) is 5.60 Å². The van der Waals surface area contributed by atoms with E-state index < -0.39 is 17.2 Å². The summed E-state index contributed by atoms with van der Waals surface area (Å²) in [6, 6.07) is 5.23. The Balaban J connectivity index is 2.16. The van der Waals surface area contributed by atoms with Crippen LogP contribution in [-0.4, -0.2) is 47.4 Å². The molecule has 2 heterocycles. The summed E-state index contributed by atoms with van der Waals surface area (Å²) in [6.07, 6.45) is 1.34. The maximum Gasteiger partial charge on any atom is 0.223 e. The maximum absolute atomic E-state index is 12.4. The minimum Gasteiger partial charge on any atom is -0.482 e. The highest BCUT2D eigenvalue weighted by Gasteiger charge is 2.58. The van der Waals surface area contributed by atoms with Crippen LogP contribution in [0.3, 0.4) is 0 Å². The molecule has 3 unspecified atom stereocenters. The standard InChI is InChI=1S/C17H22BrNO4/c1-16(10-22-3)17(2,21)15(19-8-4-5-14(19)20)12-9-11(18)6-7-13(12)23-16/h6-7,9,15,21H,4-5,8,10H2,1-3H3. The molecule has 126 valence electrons. The average molecular weight is 384 g/mol. The number of amides is 1.